The smallest absolute Gasteiger partial charge is 0.0991 e. The third kappa shape index (κ3) is 77.3. The van der Waals surface area contributed by atoms with E-state index >= 15 is 0 Å². The molecule has 2 nitrogen and oxygen atoms in total. The van der Waals surface area contributed by atoms with Gasteiger partial charge in [0.1, 0.15) is 0 Å². The summed E-state index contributed by atoms with van der Waals surface area (Å²) in [6.45, 7) is 1.50. The summed E-state index contributed by atoms with van der Waals surface area (Å²) in [5.74, 6) is 0. The number of rotatable bonds is 0. The number of halogens is 1. The van der Waals surface area contributed by atoms with Crippen molar-refractivity contribution in [1.29, 1.82) is 0 Å². The summed E-state index contributed by atoms with van der Waals surface area (Å²) in [5, 5.41) is 7.83. The van der Waals surface area contributed by atoms with Crippen LogP contribution in [0.15, 0.2) is 0 Å². The van der Waals surface area contributed by atoms with Gasteiger partial charge in [-0.2, -0.15) is 0 Å². The average molecular weight is 189 g/mol. The van der Waals surface area contributed by atoms with Gasteiger partial charge in [0.25, 0.3) is 0 Å². The summed E-state index contributed by atoms with van der Waals surface area (Å²) in [5.41, 5.74) is 4.67. The Balaban J connectivity index is 0. The van der Waals surface area contributed by atoms with E-state index in [2.05, 4.69) is 5.73 Å². The molecule has 34 valence electrons. The van der Waals surface area contributed by atoms with Gasteiger partial charge in [0.05, 0.1) is 6.23 Å². The number of hydrogen-bond donors (Lipinski definition) is 2. The lowest BCUT2D eigenvalue weighted by Crippen LogP contribution is -2.11. The molecule has 0 aromatic carbocycles. The molecule has 3 heteroatoms. The molecule has 1 atom stereocenters. The largest absolute Gasteiger partial charge is 0.379 e. The number of aliphatic hydroxyl groups is 1. The van der Waals surface area contributed by atoms with Gasteiger partial charge < -0.3 is 10.8 Å². The summed E-state index contributed by atoms with van der Waals surface area (Å²) in [6.07, 6.45) is -0.667. The Hall–Kier alpha value is 0.650. The highest BCUT2D eigenvalue weighted by Crippen LogP contribution is 1.50. The Kier molecular flexibility index (Phi) is 8.53. The minimum Gasteiger partial charge on any atom is -0.379 e. The van der Waals surface area contributed by atoms with E-state index in [1.165, 1.54) is 6.92 Å². The van der Waals surface area contributed by atoms with Crippen LogP contribution < -0.4 is 5.73 Å². The van der Waals surface area contributed by atoms with E-state index in [1.54, 1.807) is 0 Å². The maximum absolute atomic E-state index is 7.83. The van der Waals surface area contributed by atoms with E-state index in [9.17, 15) is 0 Å². The van der Waals surface area contributed by atoms with Gasteiger partial charge in [-0.25, -0.2) is 0 Å². The molecular weight excluding hydrogens is 181 g/mol. The fourth-order valence-corrected chi connectivity index (χ4v) is 0. The van der Waals surface area contributed by atoms with Crippen molar-refractivity contribution in [3.05, 3.63) is 0 Å². The van der Waals surface area contributed by atoms with Crippen LogP contribution in [0.2, 0.25) is 0 Å². The molecule has 0 rings (SSSR count). The molecular formula is C2H8INO. The molecule has 0 aliphatic heterocycles. The summed E-state index contributed by atoms with van der Waals surface area (Å²) in [6, 6.07) is 0. The number of aliphatic hydroxyl groups excluding tert-OH is 1. The van der Waals surface area contributed by atoms with Gasteiger partial charge >= 0.3 is 0 Å². The predicted molar refractivity (Wildman–Crippen MR) is 31.3 cm³/mol. The van der Waals surface area contributed by atoms with Crippen LogP contribution in [-0.4, -0.2) is 11.3 Å². The number of nitrogens with two attached hydrogens (primary N) is 1. The molecule has 0 aliphatic rings. The fourth-order valence-electron chi connectivity index (χ4n) is 0. The monoisotopic (exact) mass is 189 g/mol. The highest BCUT2D eigenvalue weighted by atomic mass is 127. The van der Waals surface area contributed by atoms with Gasteiger partial charge in [-0.15, -0.1) is 24.0 Å². The first-order valence-electron chi connectivity index (χ1n) is 1.17. The molecule has 0 saturated carbocycles. The van der Waals surface area contributed by atoms with Crippen LogP contribution in [0.3, 0.4) is 0 Å². The minimum absolute atomic E-state index is 0. The van der Waals surface area contributed by atoms with Gasteiger partial charge in [0.15, 0.2) is 0 Å². The second kappa shape index (κ2) is 4.65. The van der Waals surface area contributed by atoms with Crippen LogP contribution in [-0.2, 0) is 0 Å². The van der Waals surface area contributed by atoms with Crippen LogP contribution in [0.4, 0.5) is 0 Å². The fraction of sp³-hybridized carbons (Fsp3) is 1.00. The van der Waals surface area contributed by atoms with E-state index in [0.29, 0.717) is 0 Å². The predicted octanol–water partition coefficient (Wildman–Crippen LogP) is -0.0986. The maximum atomic E-state index is 7.83. The van der Waals surface area contributed by atoms with E-state index < -0.39 is 6.23 Å². The lowest BCUT2D eigenvalue weighted by Gasteiger charge is -1.82. The van der Waals surface area contributed by atoms with E-state index in [0.717, 1.165) is 0 Å². The van der Waals surface area contributed by atoms with Crippen molar-refractivity contribution in [2.45, 2.75) is 13.2 Å². The summed E-state index contributed by atoms with van der Waals surface area (Å²) in [4.78, 5) is 0. The highest BCUT2D eigenvalue weighted by Gasteiger charge is 1.68. The van der Waals surface area contributed by atoms with Gasteiger partial charge in [-0.05, 0) is 6.92 Å². The van der Waals surface area contributed by atoms with E-state index in [-0.39, 0.29) is 24.0 Å². The summed E-state index contributed by atoms with van der Waals surface area (Å²) >= 11 is 0. The molecule has 5 heavy (non-hydrogen) atoms. The SMILES string of the molecule is CC(N)O.I. The van der Waals surface area contributed by atoms with Gasteiger partial charge in [0, 0.05) is 0 Å². The van der Waals surface area contributed by atoms with Crippen LogP contribution in [0.25, 0.3) is 0 Å². The van der Waals surface area contributed by atoms with Gasteiger partial charge in [0.2, 0.25) is 0 Å². The first-order valence-corrected chi connectivity index (χ1v) is 1.17. The lowest BCUT2D eigenvalue weighted by molar-refractivity contribution is 0.203. The van der Waals surface area contributed by atoms with Crippen LogP contribution in [0.1, 0.15) is 6.92 Å². The van der Waals surface area contributed by atoms with Gasteiger partial charge in [-0.1, -0.05) is 0 Å². The zero-order valence-electron chi connectivity index (χ0n) is 3.01. The first kappa shape index (κ1) is 9.17. The zero-order chi connectivity index (χ0) is 3.58. The maximum Gasteiger partial charge on any atom is 0.0991 e. The van der Waals surface area contributed by atoms with Crippen molar-refractivity contribution in [1.82, 2.24) is 0 Å². The molecule has 0 aromatic heterocycles. The Morgan fingerprint density at radius 1 is 1.80 bits per heavy atom. The molecule has 0 bridgehead atoms. The molecule has 0 heterocycles. The van der Waals surface area contributed by atoms with Crippen LogP contribution in [0, 0.1) is 0 Å². The zero-order valence-corrected chi connectivity index (χ0v) is 5.34. The van der Waals surface area contributed by atoms with Crippen molar-refractivity contribution < 1.29 is 5.11 Å². The van der Waals surface area contributed by atoms with Crippen molar-refractivity contribution in [3.63, 3.8) is 0 Å². The molecule has 0 fully saturated rings. The normalized spacial score (nSPS) is 12.6. The summed E-state index contributed by atoms with van der Waals surface area (Å²) < 4.78 is 0. The Morgan fingerprint density at radius 3 is 1.80 bits per heavy atom. The Morgan fingerprint density at radius 2 is 1.80 bits per heavy atom. The minimum atomic E-state index is -0.667. The topological polar surface area (TPSA) is 46.2 Å². The Bertz CT molecular complexity index is 14.4. The molecule has 3 N–H and O–H groups in total. The third-order valence-corrected chi connectivity index (χ3v) is 0. The van der Waals surface area contributed by atoms with E-state index in [4.69, 9.17) is 5.11 Å². The van der Waals surface area contributed by atoms with Crippen molar-refractivity contribution in [3.8, 4) is 0 Å². The van der Waals surface area contributed by atoms with Gasteiger partial charge in [-0.3, -0.25) is 0 Å². The van der Waals surface area contributed by atoms with Crippen LogP contribution in [0.5, 0.6) is 0 Å². The van der Waals surface area contributed by atoms with Crippen molar-refractivity contribution in [2.24, 2.45) is 5.73 Å². The molecule has 1 unspecified atom stereocenters. The first-order chi connectivity index (χ1) is 1.73. The van der Waals surface area contributed by atoms with Crippen molar-refractivity contribution >= 4 is 24.0 Å². The molecule has 0 amide bonds. The molecule has 0 spiro atoms. The summed E-state index contributed by atoms with van der Waals surface area (Å²) in [7, 11) is 0. The second-order valence-corrected chi connectivity index (χ2v) is 0.741. The third-order valence-electron chi connectivity index (χ3n) is 0. The standard InChI is InChI=1S/C2H7NO.HI/c1-2(3)4;/h2,4H,3H2,1H3;1H. The number of hydrogen-bond acceptors (Lipinski definition) is 2. The second-order valence-electron chi connectivity index (χ2n) is 0.741. The molecule has 0 radical (unpaired) electrons. The van der Waals surface area contributed by atoms with E-state index in [1.807, 2.05) is 0 Å². The van der Waals surface area contributed by atoms with Crippen LogP contribution >= 0.6 is 24.0 Å². The van der Waals surface area contributed by atoms with Crippen molar-refractivity contribution in [2.75, 3.05) is 0 Å². The molecule has 0 saturated heterocycles. The molecule has 0 aliphatic carbocycles. The lowest BCUT2D eigenvalue weighted by atomic mass is 10.7. The quantitative estimate of drug-likeness (QED) is 0.413. The average Bonchev–Trinajstić information content (AvgIpc) is 0.811. The molecule has 0 aromatic rings. The Labute approximate surface area is 48.4 Å². The highest BCUT2D eigenvalue weighted by molar-refractivity contribution is 14.0.